The predicted octanol–water partition coefficient (Wildman–Crippen LogP) is 4.11. The fraction of sp³-hybridized carbons (Fsp3) is 0.400. The number of benzene rings is 1. The highest BCUT2D eigenvalue weighted by atomic mass is 19.4. The number of alkyl halides is 6. The molecule has 0 spiro atoms. The summed E-state index contributed by atoms with van der Waals surface area (Å²) < 4.78 is 82.9. The van der Waals surface area contributed by atoms with Crippen LogP contribution < -0.4 is 4.90 Å². The predicted molar refractivity (Wildman–Crippen MR) is 74.8 cm³/mol. The Kier molecular flexibility index (Phi) is 4.06. The molecule has 24 heavy (non-hydrogen) atoms. The van der Waals surface area contributed by atoms with Gasteiger partial charge in [-0.1, -0.05) is 6.07 Å². The first-order chi connectivity index (χ1) is 11.2. The van der Waals surface area contributed by atoms with Gasteiger partial charge in [0.25, 0.3) is 0 Å². The van der Waals surface area contributed by atoms with E-state index in [-0.39, 0.29) is 16.6 Å². The number of rotatable bonds is 1. The summed E-state index contributed by atoms with van der Waals surface area (Å²) >= 11 is 0. The van der Waals surface area contributed by atoms with E-state index in [1.807, 2.05) is 0 Å². The molecule has 0 bridgehead atoms. The van der Waals surface area contributed by atoms with Crippen LogP contribution in [0.25, 0.3) is 10.9 Å². The van der Waals surface area contributed by atoms with E-state index >= 15 is 0 Å². The van der Waals surface area contributed by atoms with Gasteiger partial charge in [0.05, 0.1) is 24.3 Å². The van der Waals surface area contributed by atoms with Crippen molar-refractivity contribution in [3.05, 3.63) is 35.5 Å². The van der Waals surface area contributed by atoms with Crippen LogP contribution in [-0.4, -0.2) is 31.3 Å². The van der Waals surface area contributed by atoms with Crippen molar-refractivity contribution in [2.24, 2.45) is 0 Å². The molecule has 3 nitrogen and oxygen atoms in total. The summed E-state index contributed by atoms with van der Waals surface area (Å²) in [6.45, 7) is 1.40. The number of halogens is 6. The van der Waals surface area contributed by atoms with Crippen molar-refractivity contribution in [3.63, 3.8) is 0 Å². The van der Waals surface area contributed by atoms with Crippen LogP contribution in [0.2, 0.25) is 0 Å². The molecule has 0 atom stereocenters. The van der Waals surface area contributed by atoms with Crippen LogP contribution in [0.1, 0.15) is 11.3 Å². The maximum Gasteiger partial charge on any atom is 0.433 e. The zero-order chi connectivity index (χ0) is 17.5. The van der Waals surface area contributed by atoms with Gasteiger partial charge in [-0.3, -0.25) is 0 Å². The standard InChI is InChI=1S/C15H12F6N2O/c16-14(17,18)9-1-2-10-11(7-9)22-13(15(19,20)21)8-12(10)23-3-5-24-6-4-23/h1-2,7-8H,3-6H2. The van der Waals surface area contributed by atoms with E-state index < -0.39 is 23.6 Å². The second-order valence-corrected chi connectivity index (χ2v) is 5.35. The fourth-order valence-corrected chi connectivity index (χ4v) is 2.60. The lowest BCUT2D eigenvalue weighted by Crippen LogP contribution is -2.36. The van der Waals surface area contributed by atoms with Crippen LogP contribution in [0.5, 0.6) is 0 Å². The molecule has 0 saturated carbocycles. The molecular formula is C15H12F6N2O. The van der Waals surface area contributed by atoms with Crippen molar-refractivity contribution >= 4 is 16.6 Å². The molecule has 2 heterocycles. The van der Waals surface area contributed by atoms with E-state index in [1.54, 1.807) is 4.90 Å². The minimum atomic E-state index is -4.75. The van der Waals surface area contributed by atoms with E-state index in [4.69, 9.17) is 4.74 Å². The minimum absolute atomic E-state index is 0.212. The maximum atomic E-state index is 13.1. The van der Waals surface area contributed by atoms with Gasteiger partial charge >= 0.3 is 12.4 Å². The van der Waals surface area contributed by atoms with Gasteiger partial charge in [-0.25, -0.2) is 4.98 Å². The summed E-state index contributed by atoms with van der Waals surface area (Å²) in [7, 11) is 0. The van der Waals surface area contributed by atoms with Crippen molar-refractivity contribution in [1.82, 2.24) is 4.98 Å². The van der Waals surface area contributed by atoms with Crippen LogP contribution in [0, 0.1) is 0 Å². The number of hydrogen-bond acceptors (Lipinski definition) is 3. The van der Waals surface area contributed by atoms with E-state index in [0.29, 0.717) is 32.4 Å². The molecule has 0 N–H and O–H groups in total. The second kappa shape index (κ2) is 5.80. The van der Waals surface area contributed by atoms with Crippen molar-refractivity contribution in [2.75, 3.05) is 31.2 Å². The van der Waals surface area contributed by atoms with Crippen LogP contribution in [-0.2, 0) is 17.1 Å². The summed E-state index contributed by atoms with van der Waals surface area (Å²) in [5, 5.41) is 0.248. The van der Waals surface area contributed by atoms with Gasteiger partial charge in [0.1, 0.15) is 5.69 Å². The number of fused-ring (bicyclic) bond motifs is 1. The van der Waals surface area contributed by atoms with Gasteiger partial charge in [-0.2, -0.15) is 26.3 Å². The second-order valence-electron chi connectivity index (χ2n) is 5.35. The molecule has 0 amide bonds. The van der Waals surface area contributed by atoms with Crippen LogP contribution in [0.15, 0.2) is 24.3 Å². The minimum Gasteiger partial charge on any atom is -0.378 e. The molecular weight excluding hydrogens is 338 g/mol. The highest BCUT2D eigenvalue weighted by Crippen LogP contribution is 2.37. The summed E-state index contributed by atoms with van der Waals surface area (Å²) in [4.78, 5) is 5.06. The Hall–Kier alpha value is -2.03. The molecule has 130 valence electrons. The van der Waals surface area contributed by atoms with Gasteiger partial charge < -0.3 is 9.64 Å². The number of anilines is 1. The average molecular weight is 350 g/mol. The lowest BCUT2D eigenvalue weighted by Gasteiger charge is -2.30. The Labute approximate surface area is 132 Å². The fourth-order valence-electron chi connectivity index (χ4n) is 2.60. The summed E-state index contributed by atoms with van der Waals surface area (Å²) in [5.41, 5.74) is -2.36. The lowest BCUT2D eigenvalue weighted by molar-refractivity contribution is -0.140. The summed E-state index contributed by atoms with van der Waals surface area (Å²) in [5.74, 6) is 0. The number of ether oxygens (including phenoxy) is 1. The molecule has 0 radical (unpaired) electrons. The first-order valence-electron chi connectivity index (χ1n) is 7.08. The van der Waals surface area contributed by atoms with Crippen LogP contribution >= 0.6 is 0 Å². The molecule has 9 heteroatoms. The van der Waals surface area contributed by atoms with E-state index in [0.717, 1.165) is 18.2 Å². The Bertz CT molecular complexity index is 745. The normalized spacial score (nSPS) is 16.7. The average Bonchev–Trinajstić information content (AvgIpc) is 2.52. The Morgan fingerprint density at radius 1 is 0.917 bits per heavy atom. The molecule has 1 aliphatic heterocycles. The third-order valence-corrected chi connectivity index (χ3v) is 3.76. The van der Waals surface area contributed by atoms with Gasteiger partial charge in [0.15, 0.2) is 0 Å². The molecule has 0 aliphatic carbocycles. The maximum absolute atomic E-state index is 13.1. The van der Waals surface area contributed by atoms with E-state index in [9.17, 15) is 26.3 Å². The molecule has 1 aromatic carbocycles. The number of morpholine rings is 1. The number of nitrogens with zero attached hydrogens (tertiary/aromatic N) is 2. The molecule has 2 aromatic rings. The third-order valence-electron chi connectivity index (χ3n) is 3.76. The first kappa shape index (κ1) is 16.8. The molecule has 1 aromatic heterocycles. The number of hydrogen-bond donors (Lipinski definition) is 0. The van der Waals surface area contributed by atoms with Gasteiger partial charge in [-0.15, -0.1) is 0 Å². The summed E-state index contributed by atoms with van der Waals surface area (Å²) in [6.07, 6.45) is -9.40. The van der Waals surface area contributed by atoms with Gasteiger partial charge in [-0.05, 0) is 18.2 Å². The largest absolute Gasteiger partial charge is 0.433 e. The van der Waals surface area contributed by atoms with Crippen LogP contribution in [0.4, 0.5) is 32.0 Å². The lowest BCUT2D eigenvalue weighted by atomic mass is 10.1. The Morgan fingerprint density at radius 2 is 1.58 bits per heavy atom. The monoisotopic (exact) mass is 350 g/mol. The molecule has 1 fully saturated rings. The Balaban J connectivity index is 2.20. The van der Waals surface area contributed by atoms with E-state index in [1.165, 1.54) is 0 Å². The smallest absolute Gasteiger partial charge is 0.378 e. The van der Waals surface area contributed by atoms with Gasteiger partial charge in [0, 0.05) is 24.2 Å². The highest BCUT2D eigenvalue weighted by Gasteiger charge is 2.35. The number of pyridine rings is 1. The van der Waals surface area contributed by atoms with Crippen molar-refractivity contribution in [2.45, 2.75) is 12.4 Å². The zero-order valence-electron chi connectivity index (χ0n) is 12.2. The first-order valence-corrected chi connectivity index (χ1v) is 7.08. The van der Waals surface area contributed by atoms with Crippen molar-refractivity contribution in [1.29, 1.82) is 0 Å². The summed E-state index contributed by atoms with van der Waals surface area (Å²) in [6, 6.07) is 3.53. The Morgan fingerprint density at radius 3 is 2.17 bits per heavy atom. The molecule has 1 aliphatic rings. The SMILES string of the molecule is FC(F)(F)c1ccc2c(N3CCOCC3)cc(C(F)(F)F)nc2c1. The number of aromatic nitrogens is 1. The third kappa shape index (κ3) is 3.26. The molecule has 0 unspecified atom stereocenters. The quantitative estimate of drug-likeness (QED) is 0.724. The molecule has 3 rings (SSSR count). The van der Waals surface area contributed by atoms with Gasteiger partial charge in [0.2, 0.25) is 0 Å². The highest BCUT2D eigenvalue weighted by molar-refractivity contribution is 5.92. The van der Waals surface area contributed by atoms with Crippen molar-refractivity contribution < 1.29 is 31.1 Å². The molecule has 1 saturated heterocycles. The zero-order valence-corrected chi connectivity index (χ0v) is 12.2. The topological polar surface area (TPSA) is 25.4 Å². The van der Waals surface area contributed by atoms with Crippen molar-refractivity contribution in [3.8, 4) is 0 Å². The van der Waals surface area contributed by atoms with Crippen LogP contribution in [0.3, 0.4) is 0 Å². The van der Waals surface area contributed by atoms with E-state index in [2.05, 4.69) is 4.98 Å².